The molecule has 0 aliphatic heterocycles. The lowest BCUT2D eigenvalue weighted by Gasteiger charge is -2.12. The van der Waals surface area contributed by atoms with Crippen LogP contribution < -0.4 is 4.74 Å². The van der Waals surface area contributed by atoms with E-state index in [4.69, 9.17) is 4.74 Å². The van der Waals surface area contributed by atoms with Crippen LogP contribution in [0.25, 0.3) is 0 Å². The zero-order valence-electron chi connectivity index (χ0n) is 11.3. The lowest BCUT2D eigenvalue weighted by atomic mass is 10.1. The molecule has 0 aliphatic carbocycles. The Morgan fingerprint density at radius 2 is 1.84 bits per heavy atom. The maximum Gasteiger partial charge on any atom is 0.119 e. The van der Waals surface area contributed by atoms with Gasteiger partial charge in [-0.2, -0.15) is 0 Å². The number of hydrogen-bond acceptors (Lipinski definition) is 2. The van der Waals surface area contributed by atoms with Crippen molar-refractivity contribution in [1.29, 1.82) is 0 Å². The van der Waals surface area contributed by atoms with Gasteiger partial charge in [0.2, 0.25) is 0 Å². The van der Waals surface area contributed by atoms with Crippen LogP contribution in [-0.2, 0) is 6.42 Å². The predicted octanol–water partition coefficient (Wildman–Crippen LogP) is 3.75. The summed E-state index contributed by atoms with van der Waals surface area (Å²) < 4.78 is 5.68. The smallest absolute Gasteiger partial charge is 0.119 e. The van der Waals surface area contributed by atoms with Gasteiger partial charge >= 0.3 is 0 Å². The molecule has 19 heavy (non-hydrogen) atoms. The largest absolute Gasteiger partial charge is 0.493 e. The first kappa shape index (κ1) is 13.6. The van der Waals surface area contributed by atoms with Crippen molar-refractivity contribution in [2.45, 2.75) is 25.9 Å². The summed E-state index contributed by atoms with van der Waals surface area (Å²) >= 11 is 0. The first-order valence-electron chi connectivity index (χ1n) is 6.74. The SMILES string of the molecule is CCc1cccc(OCCC(O)c2ccccc2)c1. The predicted molar refractivity (Wildman–Crippen MR) is 77.3 cm³/mol. The van der Waals surface area contributed by atoms with Crippen molar-refractivity contribution in [3.05, 3.63) is 65.7 Å². The van der Waals surface area contributed by atoms with E-state index < -0.39 is 6.10 Å². The highest BCUT2D eigenvalue weighted by Crippen LogP contribution is 2.18. The maximum atomic E-state index is 10.0. The van der Waals surface area contributed by atoms with Crippen molar-refractivity contribution in [2.75, 3.05) is 6.61 Å². The standard InChI is InChI=1S/C17H20O2/c1-2-14-7-6-10-16(13-14)19-12-11-17(18)15-8-4-3-5-9-15/h3-10,13,17-18H,2,11-12H2,1H3. The van der Waals surface area contributed by atoms with Crippen LogP contribution in [-0.4, -0.2) is 11.7 Å². The van der Waals surface area contributed by atoms with E-state index in [9.17, 15) is 5.11 Å². The number of ether oxygens (including phenoxy) is 1. The summed E-state index contributed by atoms with van der Waals surface area (Å²) in [6.07, 6.45) is 1.14. The monoisotopic (exact) mass is 256 g/mol. The number of aliphatic hydroxyl groups is 1. The average molecular weight is 256 g/mol. The molecule has 2 aromatic carbocycles. The van der Waals surface area contributed by atoms with Crippen LogP contribution in [0, 0.1) is 0 Å². The van der Waals surface area contributed by atoms with Crippen molar-refractivity contribution in [3.8, 4) is 5.75 Å². The molecule has 0 radical (unpaired) electrons. The van der Waals surface area contributed by atoms with Crippen molar-refractivity contribution in [2.24, 2.45) is 0 Å². The Hall–Kier alpha value is -1.80. The minimum atomic E-state index is -0.462. The van der Waals surface area contributed by atoms with Crippen LogP contribution >= 0.6 is 0 Å². The number of aryl methyl sites for hydroxylation is 1. The molecule has 0 fully saturated rings. The molecule has 2 aromatic rings. The van der Waals surface area contributed by atoms with Gasteiger partial charge in [0.15, 0.2) is 0 Å². The van der Waals surface area contributed by atoms with Crippen LogP contribution in [0.5, 0.6) is 5.75 Å². The van der Waals surface area contributed by atoms with Crippen LogP contribution in [0.1, 0.15) is 30.6 Å². The van der Waals surface area contributed by atoms with Crippen LogP contribution in [0.2, 0.25) is 0 Å². The Labute approximate surface area is 114 Å². The highest BCUT2D eigenvalue weighted by molar-refractivity contribution is 5.28. The molecule has 100 valence electrons. The van der Waals surface area contributed by atoms with Gasteiger partial charge in [-0.3, -0.25) is 0 Å². The first-order valence-corrected chi connectivity index (χ1v) is 6.74. The van der Waals surface area contributed by atoms with E-state index in [-0.39, 0.29) is 0 Å². The molecule has 2 heteroatoms. The first-order chi connectivity index (χ1) is 9.29. The molecule has 1 N–H and O–H groups in total. The minimum absolute atomic E-state index is 0.462. The van der Waals surface area contributed by atoms with E-state index in [2.05, 4.69) is 19.1 Å². The van der Waals surface area contributed by atoms with Gasteiger partial charge in [0.1, 0.15) is 5.75 Å². The Kier molecular flexibility index (Phi) is 4.99. The summed E-state index contributed by atoms with van der Waals surface area (Å²) in [5.74, 6) is 0.875. The third-order valence-electron chi connectivity index (χ3n) is 3.15. The van der Waals surface area contributed by atoms with Gasteiger partial charge in [-0.1, -0.05) is 49.4 Å². The van der Waals surface area contributed by atoms with Gasteiger partial charge in [-0.25, -0.2) is 0 Å². The average Bonchev–Trinajstić information content (AvgIpc) is 2.48. The van der Waals surface area contributed by atoms with Gasteiger partial charge in [-0.05, 0) is 29.7 Å². The van der Waals surface area contributed by atoms with Crippen molar-refractivity contribution in [3.63, 3.8) is 0 Å². The number of aliphatic hydroxyl groups excluding tert-OH is 1. The van der Waals surface area contributed by atoms with Crippen LogP contribution in [0.15, 0.2) is 54.6 Å². The number of benzene rings is 2. The molecule has 0 aromatic heterocycles. The van der Waals surface area contributed by atoms with Crippen molar-refractivity contribution >= 4 is 0 Å². The van der Waals surface area contributed by atoms with E-state index in [0.29, 0.717) is 13.0 Å². The van der Waals surface area contributed by atoms with E-state index in [1.807, 2.05) is 42.5 Å². The second-order valence-electron chi connectivity index (χ2n) is 4.56. The quantitative estimate of drug-likeness (QED) is 0.853. The summed E-state index contributed by atoms with van der Waals surface area (Å²) in [7, 11) is 0. The fourth-order valence-electron chi connectivity index (χ4n) is 1.99. The molecule has 0 heterocycles. The van der Waals surface area contributed by atoms with Gasteiger partial charge < -0.3 is 9.84 Å². The molecule has 0 saturated heterocycles. The molecule has 0 bridgehead atoms. The van der Waals surface area contributed by atoms with Crippen molar-refractivity contribution < 1.29 is 9.84 Å². The highest BCUT2D eigenvalue weighted by Gasteiger charge is 2.06. The normalized spacial score (nSPS) is 12.1. The summed E-state index contributed by atoms with van der Waals surface area (Å²) in [6, 6.07) is 17.8. The zero-order valence-corrected chi connectivity index (χ0v) is 11.3. The second-order valence-corrected chi connectivity index (χ2v) is 4.56. The molecule has 2 rings (SSSR count). The molecule has 2 nitrogen and oxygen atoms in total. The number of hydrogen-bond donors (Lipinski definition) is 1. The third kappa shape index (κ3) is 4.11. The van der Waals surface area contributed by atoms with E-state index in [1.165, 1.54) is 5.56 Å². The fraction of sp³-hybridized carbons (Fsp3) is 0.294. The molecule has 1 atom stereocenters. The third-order valence-corrected chi connectivity index (χ3v) is 3.15. The van der Waals surface area contributed by atoms with Crippen molar-refractivity contribution in [1.82, 2.24) is 0 Å². The Bertz CT molecular complexity index is 494. The second kappa shape index (κ2) is 6.95. The molecule has 0 aliphatic rings. The van der Waals surface area contributed by atoms with E-state index in [0.717, 1.165) is 17.7 Å². The fourth-order valence-corrected chi connectivity index (χ4v) is 1.99. The minimum Gasteiger partial charge on any atom is -0.493 e. The molecule has 0 spiro atoms. The topological polar surface area (TPSA) is 29.5 Å². The van der Waals surface area contributed by atoms with Gasteiger partial charge in [0.25, 0.3) is 0 Å². The lowest BCUT2D eigenvalue weighted by Crippen LogP contribution is -2.05. The van der Waals surface area contributed by atoms with E-state index in [1.54, 1.807) is 0 Å². The molecule has 0 saturated carbocycles. The summed E-state index contributed by atoms with van der Waals surface area (Å²) in [5.41, 5.74) is 2.20. The highest BCUT2D eigenvalue weighted by atomic mass is 16.5. The van der Waals surface area contributed by atoms with Gasteiger partial charge in [0.05, 0.1) is 12.7 Å². The lowest BCUT2D eigenvalue weighted by molar-refractivity contribution is 0.141. The Balaban J connectivity index is 1.83. The van der Waals surface area contributed by atoms with Gasteiger partial charge in [0, 0.05) is 6.42 Å². The maximum absolute atomic E-state index is 10.0. The molecule has 1 unspecified atom stereocenters. The summed E-state index contributed by atoms with van der Waals surface area (Å²) in [4.78, 5) is 0. The molecular weight excluding hydrogens is 236 g/mol. The number of rotatable bonds is 6. The van der Waals surface area contributed by atoms with E-state index >= 15 is 0 Å². The molecular formula is C17H20O2. The zero-order chi connectivity index (χ0) is 13.5. The summed E-state index contributed by atoms with van der Waals surface area (Å²) in [6.45, 7) is 2.64. The molecule has 0 amide bonds. The van der Waals surface area contributed by atoms with Crippen LogP contribution in [0.4, 0.5) is 0 Å². The Morgan fingerprint density at radius 3 is 2.58 bits per heavy atom. The Morgan fingerprint density at radius 1 is 1.05 bits per heavy atom. The summed E-state index contributed by atoms with van der Waals surface area (Å²) in [5, 5.41) is 10.0. The van der Waals surface area contributed by atoms with Crippen LogP contribution in [0.3, 0.4) is 0 Å². The van der Waals surface area contributed by atoms with Gasteiger partial charge in [-0.15, -0.1) is 0 Å².